The molecule has 1 N–H and O–H groups in total. The second kappa shape index (κ2) is 6.40. The van der Waals surface area contributed by atoms with E-state index < -0.39 is 34.1 Å². The zero-order valence-corrected chi connectivity index (χ0v) is 13.2. The number of nitrogens with zero attached hydrogens (tertiary/aromatic N) is 1. The van der Waals surface area contributed by atoms with E-state index in [1.165, 1.54) is 24.3 Å². The van der Waals surface area contributed by atoms with Gasteiger partial charge in [-0.2, -0.15) is 13.2 Å². The van der Waals surface area contributed by atoms with Crippen molar-refractivity contribution in [3.8, 4) is 0 Å². The van der Waals surface area contributed by atoms with E-state index in [0.29, 0.717) is 11.8 Å². The van der Waals surface area contributed by atoms with Crippen LogP contribution in [0.15, 0.2) is 48.5 Å². The highest BCUT2D eigenvalue weighted by Crippen LogP contribution is 2.34. The number of hydrogen-bond acceptors (Lipinski definition) is 4. The highest BCUT2D eigenvalue weighted by Gasteiger charge is 2.41. The smallest absolute Gasteiger partial charge is 0.365 e. The zero-order valence-electron chi connectivity index (χ0n) is 12.4. The third kappa shape index (κ3) is 3.60. The topological polar surface area (TPSA) is 49.4 Å². The summed E-state index contributed by atoms with van der Waals surface area (Å²) in [6, 6.07) is 9.10. The van der Waals surface area contributed by atoms with Crippen molar-refractivity contribution in [2.45, 2.75) is 11.6 Å². The lowest BCUT2D eigenvalue weighted by molar-refractivity contribution is -0.137. The number of thioether (sulfide) groups is 1. The van der Waals surface area contributed by atoms with Gasteiger partial charge in [0.05, 0.1) is 11.3 Å². The predicted molar refractivity (Wildman–Crippen MR) is 85.7 cm³/mol. The van der Waals surface area contributed by atoms with Crippen molar-refractivity contribution in [1.29, 1.82) is 0 Å². The molecule has 2 amide bonds. The Hall–Kier alpha value is -2.55. The van der Waals surface area contributed by atoms with Gasteiger partial charge in [-0.3, -0.25) is 9.59 Å². The van der Waals surface area contributed by atoms with E-state index in [9.17, 15) is 27.2 Å². The van der Waals surface area contributed by atoms with Crippen LogP contribution in [-0.4, -0.2) is 16.5 Å². The molecule has 1 aliphatic heterocycles. The lowest BCUT2D eigenvalue weighted by Crippen LogP contribution is -2.34. The summed E-state index contributed by atoms with van der Waals surface area (Å²) in [6.07, 6.45) is -4.51. The van der Waals surface area contributed by atoms with Crippen LogP contribution in [0.4, 0.5) is 33.7 Å². The quantitative estimate of drug-likeness (QED) is 0.810. The lowest BCUT2D eigenvalue weighted by atomic mass is 10.2. The van der Waals surface area contributed by atoms with Crippen LogP contribution in [0, 0.1) is 5.82 Å². The van der Waals surface area contributed by atoms with Crippen LogP contribution in [0.25, 0.3) is 0 Å². The third-order valence-electron chi connectivity index (χ3n) is 3.42. The maximum Gasteiger partial charge on any atom is 0.416 e. The van der Waals surface area contributed by atoms with E-state index in [4.69, 9.17) is 0 Å². The molecule has 1 fully saturated rings. The van der Waals surface area contributed by atoms with Crippen LogP contribution >= 0.6 is 11.8 Å². The van der Waals surface area contributed by atoms with Crippen molar-refractivity contribution in [2.24, 2.45) is 0 Å². The molecule has 1 heterocycles. The molecule has 9 heteroatoms. The van der Waals surface area contributed by atoms with Gasteiger partial charge in [0.15, 0.2) is 5.37 Å². The molecule has 1 atom stereocenters. The first-order valence-electron chi connectivity index (χ1n) is 6.99. The van der Waals surface area contributed by atoms with Crippen LogP contribution in [0.1, 0.15) is 5.56 Å². The Morgan fingerprint density at radius 1 is 1.04 bits per heavy atom. The van der Waals surface area contributed by atoms with Crippen molar-refractivity contribution in [3.63, 3.8) is 0 Å². The van der Waals surface area contributed by atoms with Crippen molar-refractivity contribution in [1.82, 2.24) is 0 Å². The molecule has 130 valence electrons. The van der Waals surface area contributed by atoms with Crippen LogP contribution in [0.3, 0.4) is 0 Å². The van der Waals surface area contributed by atoms with E-state index in [-0.39, 0.29) is 11.4 Å². The first-order valence-corrected chi connectivity index (χ1v) is 7.87. The predicted octanol–water partition coefficient (Wildman–Crippen LogP) is 4.48. The molecular weight excluding hydrogens is 360 g/mol. The van der Waals surface area contributed by atoms with Crippen molar-refractivity contribution in [2.75, 3.05) is 10.2 Å². The van der Waals surface area contributed by atoms with Crippen LogP contribution < -0.4 is 10.2 Å². The average molecular weight is 370 g/mol. The van der Waals surface area contributed by atoms with E-state index in [1.807, 2.05) is 0 Å². The fourth-order valence-corrected chi connectivity index (χ4v) is 3.17. The largest absolute Gasteiger partial charge is 0.416 e. The maximum atomic E-state index is 13.0. The Labute approximate surface area is 143 Å². The molecule has 0 radical (unpaired) electrons. The van der Waals surface area contributed by atoms with Crippen molar-refractivity contribution < 1.29 is 27.2 Å². The number of carbonyl (C=O) groups excluding carboxylic acids is 2. The molecule has 0 spiro atoms. The van der Waals surface area contributed by atoms with Gasteiger partial charge in [-0.05, 0) is 54.2 Å². The van der Waals surface area contributed by atoms with Gasteiger partial charge in [0, 0.05) is 5.69 Å². The minimum Gasteiger partial charge on any atom is -0.365 e. The highest BCUT2D eigenvalue weighted by atomic mass is 32.2. The van der Waals surface area contributed by atoms with E-state index in [1.54, 1.807) is 0 Å². The normalized spacial score (nSPS) is 17.9. The first kappa shape index (κ1) is 17.3. The number of benzene rings is 2. The summed E-state index contributed by atoms with van der Waals surface area (Å²) in [4.78, 5) is 25.3. The Morgan fingerprint density at radius 3 is 2.36 bits per heavy atom. The minimum absolute atomic E-state index is 0.0643. The van der Waals surface area contributed by atoms with Crippen molar-refractivity contribution in [3.05, 3.63) is 59.9 Å². The van der Waals surface area contributed by atoms with Gasteiger partial charge in [0.2, 0.25) is 0 Å². The molecule has 1 aliphatic rings. The number of hydrogen-bond donors (Lipinski definition) is 1. The number of amides is 2. The molecule has 0 aliphatic carbocycles. The highest BCUT2D eigenvalue weighted by molar-refractivity contribution is 8.16. The number of anilines is 2. The Morgan fingerprint density at radius 2 is 1.72 bits per heavy atom. The summed E-state index contributed by atoms with van der Waals surface area (Å²) >= 11 is 0.640. The summed E-state index contributed by atoms with van der Waals surface area (Å²) < 4.78 is 51.2. The fraction of sp³-hybridized carbons (Fsp3) is 0.125. The number of alkyl halides is 3. The van der Waals surface area contributed by atoms with Gasteiger partial charge in [-0.25, -0.2) is 9.29 Å². The number of rotatable bonds is 3. The molecule has 0 saturated carbocycles. The number of imide groups is 1. The zero-order chi connectivity index (χ0) is 18.2. The Bertz CT molecular complexity index is 824. The summed E-state index contributed by atoms with van der Waals surface area (Å²) in [5, 5.41) is 0.957. The van der Waals surface area contributed by atoms with Crippen molar-refractivity contribution >= 4 is 34.3 Å². The summed E-state index contributed by atoms with van der Waals surface area (Å²) in [5.41, 5.74) is -0.610. The lowest BCUT2D eigenvalue weighted by Gasteiger charge is -2.15. The van der Waals surface area contributed by atoms with Crippen LogP contribution in [0.2, 0.25) is 0 Å². The first-order chi connectivity index (χ1) is 11.8. The molecule has 0 unspecified atom stereocenters. The Balaban J connectivity index is 1.80. The van der Waals surface area contributed by atoms with Crippen LogP contribution in [-0.2, 0) is 11.0 Å². The van der Waals surface area contributed by atoms with E-state index in [0.717, 1.165) is 29.2 Å². The molecular formula is C16H10F4N2O2S. The van der Waals surface area contributed by atoms with E-state index in [2.05, 4.69) is 5.32 Å². The van der Waals surface area contributed by atoms with Gasteiger partial charge < -0.3 is 5.32 Å². The monoisotopic (exact) mass is 370 g/mol. The van der Waals surface area contributed by atoms with Crippen LogP contribution in [0.5, 0.6) is 0 Å². The van der Waals surface area contributed by atoms with Gasteiger partial charge in [0.25, 0.3) is 11.1 Å². The molecule has 0 bridgehead atoms. The maximum absolute atomic E-state index is 13.0. The molecule has 2 aromatic rings. The summed E-state index contributed by atoms with van der Waals surface area (Å²) in [7, 11) is 0. The number of nitrogens with one attached hydrogen (secondary N) is 1. The average Bonchev–Trinajstić information content (AvgIpc) is 2.82. The molecule has 3 rings (SSSR count). The number of halogens is 4. The van der Waals surface area contributed by atoms with E-state index >= 15 is 0 Å². The second-order valence-corrected chi connectivity index (χ2v) is 6.19. The molecule has 1 saturated heterocycles. The summed E-state index contributed by atoms with van der Waals surface area (Å²) in [5.74, 6) is -1.16. The van der Waals surface area contributed by atoms with Gasteiger partial charge in [-0.1, -0.05) is 6.07 Å². The minimum atomic E-state index is -4.51. The van der Waals surface area contributed by atoms with Gasteiger partial charge in [0.1, 0.15) is 5.82 Å². The fourth-order valence-electron chi connectivity index (χ4n) is 2.26. The number of carbonyl (C=O) groups is 2. The molecule has 4 nitrogen and oxygen atoms in total. The standard InChI is InChI=1S/C16H10F4N2O2S/c17-10-4-6-12(7-5-10)22-14(23)13(25-15(22)24)21-11-3-1-2-9(8-11)16(18,19)20/h1-8,13,21H/t13-/m1/s1. The molecule has 0 aromatic heterocycles. The second-order valence-electron chi connectivity index (χ2n) is 5.14. The molecule has 25 heavy (non-hydrogen) atoms. The van der Waals surface area contributed by atoms with Gasteiger partial charge in [-0.15, -0.1) is 0 Å². The summed E-state index contributed by atoms with van der Waals surface area (Å²) in [6.45, 7) is 0. The SMILES string of the molecule is O=C1S[C@@H](Nc2cccc(C(F)(F)F)c2)C(=O)N1c1ccc(F)cc1. The third-order valence-corrected chi connectivity index (χ3v) is 4.36. The van der Waals surface area contributed by atoms with Gasteiger partial charge >= 0.3 is 6.18 Å². The Kier molecular flexibility index (Phi) is 4.42. The molecule has 2 aromatic carbocycles.